The summed E-state index contributed by atoms with van der Waals surface area (Å²) in [5, 5.41) is 0. The standard InChI is InChI=1S/C16H19BrN2O/c1-11-8-12-4-2-3-5-13(12)19(10-11)14(9-18)15-6-7-16(17)20-15/h2-7,11,14H,8-10,18H2,1H3. The van der Waals surface area contributed by atoms with Gasteiger partial charge < -0.3 is 15.1 Å². The molecule has 0 radical (unpaired) electrons. The molecule has 106 valence electrons. The van der Waals surface area contributed by atoms with Gasteiger partial charge in [0.25, 0.3) is 0 Å². The van der Waals surface area contributed by atoms with E-state index in [0.717, 1.165) is 23.4 Å². The zero-order chi connectivity index (χ0) is 14.1. The Hall–Kier alpha value is -1.26. The first-order valence-electron chi connectivity index (χ1n) is 6.99. The average molecular weight is 335 g/mol. The Balaban J connectivity index is 1.99. The molecule has 2 N–H and O–H groups in total. The van der Waals surface area contributed by atoms with Gasteiger partial charge in [0, 0.05) is 18.8 Å². The molecule has 0 fully saturated rings. The van der Waals surface area contributed by atoms with E-state index in [1.165, 1.54) is 11.3 Å². The lowest BCUT2D eigenvalue weighted by atomic mass is 9.92. The summed E-state index contributed by atoms with van der Waals surface area (Å²) in [6, 6.07) is 12.6. The highest BCUT2D eigenvalue weighted by Crippen LogP contribution is 2.36. The first kappa shape index (κ1) is 13.7. The van der Waals surface area contributed by atoms with Crippen LogP contribution in [0.3, 0.4) is 0 Å². The number of halogens is 1. The van der Waals surface area contributed by atoms with Crippen molar-refractivity contribution >= 4 is 21.6 Å². The summed E-state index contributed by atoms with van der Waals surface area (Å²) >= 11 is 3.37. The van der Waals surface area contributed by atoms with Crippen molar-refractivity contribution in [2.45, 2.75) is 19.4 Å². The van der Waals surface area contributed by atoms with Crippen LogP contribution in [0.25, 0.3) is 0 Å². The second-order valence-corrected chi connectivity index (χ2v) is 6.27. The molecule has 1 aliphatic heterocycles. The molecule has 2 heterocycles. The van der Waals surface area contributed by atoms with Crippen molar-refractivity contribution in [3.63, 3.8) is 0 Å². The van der Waals surface area contributed by atoms with Gasteiger partial charge in [-0.2, -0.15) is 0 Å². The van der Waals surface area contributed by atoms with E-state index in [0.29, 0.717) is 12.5 Å². The van der Waals surface area contributed by atoms with Crippen LogP contribution in [-0.4, -0.2) is 13.1 Å². The molecule has 1 aromatic heterocycles. The minimum atomic E-state index is 0.0881. The van der Waals surface area contributed by atoms with Crippen LogP contribution in [0.1, 0.15) is 24.3 Å². The Kier molecular flexibility index (Phi) is 3.85. The van der Waals surface area contributed by atoms with Crippen LogP contribution in [0.2, 0.25) is 0 Å². The number of benzene rings is 1. The van der Waals surface area contributed by atoms with Gasteiger partial charge in [0.15, 0.2) is 4.67 Å². The molecule has 20 heavy (non-hydrogen) atoms. The third kappa shape index (κ3) is 2.50. The van der Waals surface area contributed by atoms with Crippen LogP contribution in [0, 0.1) is 5.92 Å². The first-order chi connectivity index (χ1) is 9.69. The molecule has 2 atom stereocenters. The van der Waals surface area contributed by atoms with E-state index in [9.17, 15) is 0 Å². The third-order valence-electron chi connectivity index (χ3n) is 3.90. The zero-order valence-corrected chi connectivity index (χ0v) is 13.1. The molecule has 2 unspecified atom stereocenters. The number of anilines is 1. The topological polar surface area (TPSA) is 42.4 Å². The summed E-state index contributed by atoms with van der Waals surface area (Å²) in [5.74, 6) is 1.54. The highest BCUT2D eigenvalue weighted by atomic mass is 79.9. The number of nitrogens with two attached hydrogens (primary N) is 1. The summed E-state index contributed by atoms with van der Waals surface area (Å²) in [5.41, 5.74) is 8.71. The van der Waals surface area contributed by atoms with Crippen LogP contribution >= 0.6 is 15.9 Å². The van der Waals surface area contributed by atoms with Crippen molar-refractivity contribution in [1.82, 2.24) is 0 Å². The summed E-state index contributed by atoms with van der Waals surface area (Å²) in [6.45, 7) is 3.84. The molecule has 2 aromatic rings. The van der Waals surface area contributed by atoms with Gasteiger partial charge in [-0.05, 0) is 52.0 Å². The molecule has 1 aliphatic rings. The van der Waals surface area contributed by atoms with E-state index in [-0.39, 0.29) is 6.04 Å². The minimum absolute atomic E-state index is 0.0881. The Morgan fingerprint density at radius 2 is 2.15 bits per heavy atom. The molecule has 1 aromatic carbocycles. The van der Waals surface area contributed by atoms with Gasteiger partial charge in [-0.1, -0.05) is 25.1 Å². The Labute approximate surface area is 127 Å². The fraction of sp³-hybridized carbons (Fsp3) is 0.375. The predicted molar refractivity (Wildman–Crippen MR) is 84.9 cm³/mol. The second kappa shape index (κ2) is 5.62. The molecule has 4 heteroatoms. The van der Waals surface area contributed by atoms with Gasteiger partial charge in [0.2, 0.25) is 0 Å². The highest BCUT2D eigenvalue weighted by Gasteiger charge is 2.29. The maximum atomic E-state index is 6.03. The average Bonchev–Trinajstić information content (AvgIpc) is 2.86. The van der Waals surface area contributed by atoms with Crippen LogP contribution in [0.15, 0.2) is 45.5 Å². The molecule has 3 nitrogen and oxygen atoms in total. The summed E-state index contributed by atoms with van der Waals surface area (Å²) in [6.07, 6.45) is 1.13. The van der Waals surface area contributed by atoms with E-state index in [4.69, 9.17) is 10.2 Å². The number of rotatable bonds is 3. The van der Waals surface area contributed by atoms with Crippen LogP contribution in [-0.2, 0) is 6.42 Å². The number of hydrogen-bond donors (Lipinski definition) is 1. The Bertz CT molecular complexity index is 596. The summed E-state index contributed by atoms with van der Waals surface area (Å²) in [7, 11) is 0. The number of fused-ring (bicyclic) bond motifs is 1. The highest BCUT2D eigenvalue weighted by molar-refractivity contribution is 9.10. The Morgan fingerprint density at radius 1 is 1.35 bits per heavy atom. The van der Waals surface area contributed by atoms with E-state index in [2.05, 4.69) is 52.0 Å². The van der Waals surface area contributed by atoms with E-state index < -0.39 is 0 Å². The zero-order valence-electron chi connectivity index (χ0n) is 11.6. The van der Waals surface area contributed by atoms with Gasteiger partial charge in [-0.3, -0.25) is 0 Å². The number of hydrogen-bond acceptors (Lipinski definition) is 3. The van der Waals surface area contributed by atoms with Crippen molar-refractivity contribution in [3.05, 3.63) is 52.4 Å². The molecule has 0 aliphatic carbocycles. The van der Waals surface area contributed by atoms with Crippen LogP contribution in [0.5, 0.6) is 0 Å². The Morgan fingerprint density at radius 3 is 2.85 bits per heavy atom. The van der Waals surface area contributed by atoms with Gasteiger partial charge in [-0.15, -0.1) is 0 Å². The fourth-order valence-corrected chi connectivity index (χ4v) is 3.36. The van der Waals surface area contributed by atoms with Crippen molar-refractivity contribution < 1.29 is 4.42 Å². The van der Waals surface area contributed by atoms with Gasteiger partial charge in [-0.25, -0.2) is 0 Å². The summed E-state index contributed by atoms with van der Waals surface area (Å²) in [4.78, 5) is 2.38. The van der Waals surface area contributed by atoms with Crippen molar-refractivity contribution in [2.24, 2.45) is 11.7 Å². The molecule has 0 saturated heterocycles. The van der Waals surface area contributed by atoms with E-state index in [1.807, 2.05) is 12.1 Å². The second-order valence-electron chi connectivity index (χ2n) is 5.48. The van der Waals surface area contributed by atoms with Gasteiger partial charge in [0.1, 0.15) is 5.76 Å². The fourth-order valence-electron chi connectivity index (χ4n) is 3.04. The minimum Gasteiger partial charge on any atom is -0.452 e. The lowest BCUT2D eigenvalue weighted by molar-refractivity contribution is 0.412. The maximum absolute atomic E-state index is 6.03. The lowest BCUT2D eigenvalue weighted by Gasteiger charge is -2.39. The molecule has 3 rings (SSSR count). The van der Waals surface area contributed by atoms with Crippen LogP contribution in [0.4, 0.5) is 5.69 Å². The lowest BCUT2D eigenvalue weighted by Crippen LogP contribution is -2.40. The quantitative estimate of drug-likeness (QED) is 0.929. The van der Waals surface area contributed by atoms with E-state index >= 15 is 0 Å². The number of nitrogens with zero attached hydrogens (tertiary/aromatic N) is 1. The van der Waals surface area contributed by atoms with Crippen molar-refractivity contribution in [3.8, 4) is 0 Å². The smallest absolute Gasteiger partial charge is 0.169 e. The molecule has 0 spiro atoms. The molecule has 0 bridgehead atoms. The SMILES string of the molecule is CC1Cc2ccccc2N(C(CN)c2ccc(Br)o2)C1. The van der Waals surface area contributed by atoms with Gasteiger partial charge >= 0.3 is 0 Å². The van der Waals surface area contributed by atoms with Crippen molar-refractivity contribution in [1.29, 1.82) is 0 Å². The predicted octanol–water partition coefficient (Wildman–Crippen LogP) is 3.74. The number of furan rings is 1. The third-order valence-corrected chi connectivity index (χ3v) is 4.33. The largest absolute Gasteiger partial charge is 0.452 e. The molecule has 0 saturated carbocycles. The van der Waals surface area contributed by atoms with E-state index in [1.54, 1.807) is 0 Å². The molecular weight excluding hydrogens is 316 g/mol. The number of para-hydroxylation sites is 1. The summed E-state index contributed by atoms with van der Waals surface area (Å²) < 4.78 is 6.49. The van der Waals surface area contributed by atoms with Crippen molar-refractivity contribution in [2.75, 3.05) is 18.0 Å². The molecular formula is C16H19BrN2O. The maximum Gasteiger partial charge on any atom is 0.169 e. The molecule has 0 amide bonds. The first-order valence-corrected chi connectivity index (χ1v) is 7.78. The normalized spacial score (nSPS) is 19.8. The van der Waals surface area contributed by atoms with Crippen LogP contribution < -0.4 is 10.6 Å². The monoisotopic (exact) mass is 334 g/mol. The van der Waals surface area contributed by atoms with Gasteiger partial charge in [0.05, 0.1) is 6.04 Å².